The molecule has 1 heterocycles. The maximum Gasteiger partial charge on any atom is 0.338 e. The van der Waals surface area contributed by atoms with Crippen molar-refractivity contribution in [1.29, 1.82) is 0 Å². The largest absolute Gasteiger partial charge is 0.462 e. The lowest BCUT2D eigenvalue weighted by atomic mass is 10.3. The monoisotopic (exact) mass is 366 g/mol. The third-order valence-corrected chi connectivity index (χ3v) is 4.30. The Kier molecular flexibility index (Phi) is 7.36. The van der Waals surface area contributed by atoms with Crippen LogP contribution in [-0.2, 0) is 4.74 Å². The lowest BCUT2D eigenvalue weighted by Crippen LogP contribution is -2.20. The average Bonchev–Trinajstić information content (AvgIpc) is 2.60. The van der Waals surface area contributed by atoms with Crippen LogP contribution in [0.25, 0.3) is 0 Å². The van der Waals surface area contributed by atoms with E-state index in [9.17, 15) is 9.90 Å². The number of nitrogens with one attached hydrogen (secondary N) is 1. The minimum Gasteiger partial charge on any atom is -0.462 e. The van der Waals surface area contributed by atoms with Crippen LogP contribution >= 0.6 is 23.4 Å². The van der Waals surface area contributed by atoms with Crippen LogP contribution in [0.3, 0.4) is 0 Å². The molecule has 0 fully saturated rings. The number of aliphatic hydroxyl groups is 1. The highest BCUT2D eigenvalue weighted by Crippen LogP contribution is 2.28. The van der Waals surface area contributed by atoms with Crippen molar-refractivity contribution in [1.82, 2.24) is 4.98 Å². The van der Waals surface area contributed by atoms with Crippen molar-refractivity contribution in [2.75, 3.05) is 24.3 Å². The lowest BCUT2D eigenvalue weighted by Gasteiger charge is -2.11. The van der Waals surface area contributed by atoms with Crippen molar-refractivity contribution in [3.63, 3.8) is 0 Å². The summed E-state index contributed by atoms with van der Waals surface area (Å²) in [4.78, 5) is 17.0. The molecule has 0 spiro atoms. The van der Waals surface area contributed by atoms with Gasteiger partial charge >= 0.3 is 5.97 Å². The fraction of sp³-hybridized carbons (Fsp3) is 0.294. The van der Waals surface area contributed by atoms with Gasteiger partial charge in [-0.25, -0.2) is 9.78 Å². The molecule has 0 amide bonds. The van der Waals surface area contributed by atoms with Crippen LogP contribution in [0.2, 0.25) is 0 Å². The first kappa shape index (κ1) is 18.6. The molecule has 2 rings (SSSR count). The van der Waals surface area contributed by atoms with Crippen LogP contribution in [-0.4, -0.2) is 41.2 Å². The summed E-state index contributed by atoms with van der Waals surface area (Å²) in [6.07, 6.45) is 0.999. The Labute approximate surface area is 150 Å². The van der Waals surface area contributed by atoms with Gasteiger partial charge in [-0.3, -0.25) is 0 Å². The summed E-state index contributed by atoms with van der Waals surface area (Å²) in [5.74, 6) is -0.168. The van der Waals surface area contributed by atoms with Gasteiger partial charge in [-0.1, -0.05) is 17.8 Å². The summed E-state index contributed by atoms with van der Waals surface area (Å²) in [6, 6.07) is 11.1. The minimum absolute atomic E-state index is 0.187. The number of alkyl halides is 1. The number of benzene rings is 1. The summed E-state index contributed by atoms with van der Waals surface area (Å²) < 4.78 is 5.00. The first-order chi connectivity index (χ1) is 11.6. The molecule has 7 heteroatoms. The molecular formula is C17H19ClN2O3S. The second kappa shape index (κ2) is 9.52. The third kappa shape index (κ3) is 5.70. The predicted molar refractivity (Wildman–Crippen MR) is 96.0 cm³/mol. The number of anilines is 1. The van der Waals surface area contributed by atoms with E-state index < -0.39 is 6.10 Å². The average molecular weight is 367 g/mol. The van der Waals surface area contributed by atoms with E-state index in [-0.39, 0.29) is 11.8 Å². The van der Waals surface area contributed by atoms with Crippen LogP contribution in [0.4, 0.5) is 5.69 Å². The summed E-state index contributed by atoms with van der Waals surface area (Å²) in [5.41, 5.74) is 1.36. The number of hydrogen-bond acceptors (Lipinski definition) is 6. The molecule has 0 aliphatic heterocycles. The van der Waals surface area contributed by atoms with Gasteiger partial charge in [0, 0.05) is 23.3 Å². The molecule has 2 aromatic rings. The molecule has 1 aromatic carbocycles. The summed E-state index contributed by atoms with van der Waals surface area (Å²) in [7, 11) is 0. The first-order valence-electron chi connectivity index (χ1n) is 7.51. The minimum atomic E-state index is -0.592. The maximum absolute atomic E-state index is 11.8. The van der Waals surface area contributed by atoms with Crippen molar-refractivity contribution in [3.8, 4) is 0 Å². The zero-order valence-electron chi connectivity index (χ0n) is 13.2. The first-order valence-corrected chi connectivity index (χ1v) is 8.86. The molecule has 2 N–H and O–H groups in total. The summed E-state index contributed by atoms with van der Waals surface area (Å²) in [6.45, 7) is 2.49. The molecule has 128 valence electrons. The van der Waals surface area contributed by atoms with Crippen LogP contribution < -0.4 is 5.32 Å². The molecule has 5 nitrogen and oxygen atoms in total. The van der Waals surface area contributed by atoms with Crippen molar-refractivity contribution < 1.29 is 14.6 Å². The fourth-order valence-electron chi connectivity index (χ4n) is 1.89. The normalized spacial score (nSPS) is 11.8. The Hall–Kier alpha value is -1.76. The maximum atomic E-state index is 11.8. The third-order valence-electron chi connectivity index (χ3n) is 3.02. The van der Waals surface area contributed by atoms with E-state index in [1.807, 2.05) is 24.3 Å². The smallest absolute Gasteiger partial charge is 0.338 e. The number of carbonyl (C=O) groups is 1. The Morgan fingerprint density at radius 2 is 2.25 bits per heavy atom. The van der Waals surface area contributed by atoms with Crippen LogP contribution in [0, 0.1) is 0 Å². The van der Waals surface area contributed by atoms with Gasteiger partial charge in [-0.15, -0.1) is 11.6 Å². The van der Waals surface area contributed by atoms with Crippen molar-refractivity contribution in [2.24, 2.45) is 0 Å². The van der Waals surface area contributed by atoms with E-state index in [2.05, 4.69) is 10.3 Å². The second-order valence-electron chi connectivity index (χ2n) is 4.92. The SMILES string of the molecule is CCOC(=O)c1ccnc(Sc2cccc(NCC(O)CCl)c2)c1. The highest BCUT2D eigenvalue weighted by atomic mass is 35.5. The van der Waals surface area contributed by atoms with E-state index in [4.69, 9.17) is 16.3 Å². The molecule has 0 saturated heterocycles. The molecule has 1 unspecified atom stereocenters. The molecule has 24 heavy (non-hydrogen) atoms. The number of nitrogens with zero attached hydrogens (tertiary/aromatic N) is 1. The molecular weight excluding hydrogens is 348 g/mol. The number of esters is 1. The number of aliphatic hydroxyl groups excluding tert-OH is 1. The second-order valence-corrected chi connectivity index (χ2v) is 6.32. The number of aromatic nitrogens is 1. The fourth-order valence-corrected chi connectivity index (χ4v) is 2.87. The quantitative estimate of drug-likeness (QED) is 0.551. The van der Waals surface area contributed by atoms with Gasteiger partial charge in [0.2, 0.25) is 0 Å². The molecule has 1 aromatic heterocycles. The van der Waals surface area contributed by atoms with Gasteiger partial charge in [0.25, 0.3) is 0 Å². The zero-order valence-corrected chi connectivity index (χ0v) is 14.8. The Bertz CT molecular complexity index is 684. The molecule has 0 aliphatic carbocycles. The van der Waals surface area contributed by atoms with Crippen molar-refractivity contribution in [3.05, 3.63) is 48.2 Å². The topological polar surface area (TPSA) is 71.5 Å². The van der Waals surface area contributed by atoms with Gasteiger partial charge in [-0.2, -0.15) is 0 Å². The summed E-state index contributed by atoms with van der Waals surface area (Å²) in [5, 5.41) is 13.3. The number of pyridine rings is 1. The highest BCUT2D eigenvalue weighted by molar-refractivity contribution is 7.99. The van der Waals surface area contributed by atoms with Gasteiger partial charge in [0.1, 0.15) is 5.03 Å². The number of rotatable bonds is 8. The Balaban J connectivity index is 2.05. The van der Waals surface area contributed by atoms with Crippen molar-refractivity contribution in [2.45, 2.75) is 22.9 Å². The van der Waals surface area contributed by atoms with E-state index >= 15 is 0 Å². The Morgan fingerprint density at radius 3 is 3.00 bits per heavy atom. The number of carbonyl (C=O) groups excluding carboxylic acids is 1. The lowest BCUT2D eigenvalue weighted by molar-refractivity contribution is 0.0526. The van der Waals surface area contributed by atoms with Gasteiger partial charge in [0.05, 0.1) is 24.2 Å². The molecule has 1 atom stereocenters. The summed E-state index contributed by atoms with van der Waals surface area (Å²) >= 11 is 7.02. The highest BCUT2D eigenvalue weighted by Gasteiger charge is 2.09. The molecule has 0 radical (unpaired) electrons. The number of ether oxygens (including phenoxy) is 1. The van der Waals surface area contributed by atoms with E-state index in [0.29, 0.717) is 23.7 Å². The molecule has 0 saturated carbocycles. The van der Waals surface area contributed by atoms with E-state index in [1.165, 1.54) is 11.8 Å². The van der Waals surface area contributed by atoms with Gasteiger partial charge in [-0.05, 0) is 37.3 Å². The van der Waals surface area contributed by atoms with Gasteiger partial charge in [0.15, 0.2) is 0 Å². The van der Waals surface area contributed by atoms with Crippen LogP contribution in [0.5, 0.6) is 0 Å². The predicted octanol–water partition coefficient (Wildman–Crippen LogP) is 3.42. The van der Waals surface area contributed by atoms with E-state index in [0.717, 1.165) is 10.6 Å². The van der Waals surface area contributed by atoms with Crippen LogP contribution in [0.15, 0.2) is 52.5 Å². The number of hydrogen-bond donors (Lipinski definition) is 2. The van der Waals surface area contributed by atoms with Gasteiger partial charge < -0.3 is 15.2 Å². The zero-order chi connectivity index (χ0) is 17.4. The standard InChI is InChI=1S/C17H19ClN2O3S/c1-2-23-17(22)12-6-7-19-16(8-12)24-15-5-3-4-13(9-15)20-11-14(21)10-18/h3-9,14,20-21H,2,10-11H2,1H3. The van der Waals surface area contributed by atoms with Crippen molar-refractivity contribution >= 4 is 35.0 Å². The molecule has 0 bridgehead atoms. The van der Waals surface area contributed by atoms with Crippen LogP contribution in [0.1, 0.15) is 17.3 Å². The van der Waals surface area contributed by atoms with E-state index in [1.54, 1.807) is 25.3 Å². The Morgan fingerprint density at radius 1 is 1.42 bits per heavy atom. The molecule has 0 aliphatic rings. The number of halogens is 1.